The maximum Gasteiger partial charge on any atom is 0.248 e. The highest BCUT2D eigenvalue weighted by atomic mass is 19.1. The lowest BCUT2D eigenvalue weighted by Crippen LogP contribution is -2.30. The number of benzene rings is 2. The Morgan fingerprint density at radius 2 is 1.86 bits per heavy atom. The zero-order valence-electron chi connectivity index (χ0n) is 16.5. The van der Waals surface area contributed by atoms with E-state index in [-0.39, 0.29) is 1.43 Å². The number of hydrogen-bond acceptors (Lipinski definition) is 5. The second-order valence-corrected chi connectivity index (χ2v) is 7.23. The quantitative estimate of drug-likeness (QED) is 0.798. The summed E-state index contributed by atoms with van der Waals surface area (Å²) < 4.78 is 17.9. The van der Waals surface area contributed by atoms with Crippen LogP contribution in [0.15, 0.2) is 42.5 Å². The molecule has 2 heterocycles. The number of aldehydes is 1. The molecule has 0 unspecified atom stereocenters. The summed E-state index contributed by atoms with van der Waals surface area (Å²) in [5.74, 6) is 0.240. The third-order valence-corrected chi connectivity index (χ3v) is 5.09. The van der Waals surface area contributed by atoms with Crippen LogP contribution >= 0.6 is 0 Å². The molecule has 0 aromatic heterocycles. The van der Waals surface area contributed by atoms with Gasteiger partial charge in [0, 0.05) is 31.3 Å². The van der Waals surface area contributed by atoms with Gasteiger partial charge in [-0.15, -0.1) is 0 Å². The van der Waals surface area contributed by atoms with Crippen LogP contribution in [0.5, 0.6) is 5.75 Å². The van der Waals surface area contributed by atoms with Gasteiger partial charge in [0.25, 0.3) is 0 Å². The lowest BCUT2D eigenvalue weighted by atomic mass is 10.1. The Labute approximate surface area is 171 Å². The second-order valence-electron chi connectivity index (χ2n) is 7.23. The van der Waals surface area contributed by atoms with Gasteiger partial charge in [-0.25, -0.2) is 4.39 Å². The molecular formula is C22H28FN3O3. The van der Waals surface area contributed by atoms with Gasteiger partial charge in [0.15, 0.2) is 0 Å². The number of rotatable bonds is 3. The predicted octanol–water partition coefficient (Wildman–Crippen LogP) is 3.42. The first-order valence-electron chi connectivity index (χ1n) is 9.70. The van der Waals surface area contributed by atoms with Gasteiger partial charge in [-0.1, -0.05) is 0 Å². The molecule has 156 valence electrons. The van der Waals surface area contributed by atoms with E-state index >= 15 is 0 Å². The van der Waals surface area contributed by atoms with Crippen molar-refractivity contribution < 1.29 is 20.1 Å². The number of likely N-dealkylation sites (tertiary alicyclic amines) is 1. The molecule has 2 N–H and O–H groups in total. The van der Waals surface area contributed by atoms with Crippen molar-refractivity contribution in [3.63, 3.8) is 0 Å². The molecule has 29 heavy (non-hydrogen) atoms. The molecule has 2 aromatic carbocycles. The zero-order chi connectivity index (χ0) is 20.8. The third kappa shape index (κ3) is 5.32. The van der Waals surface area contributed by atoms with Gasteiger partial charge in [0.2, 0.25) is 5.91 Å². The average molecular weight is 401 g/mol. The SMILES string of the molecule is CN1CCC(F)CC1.NC(=O)c1ccc(N2CCOc3cc(C=O)ccc32)cc1.[HH]. The standard InChI is InChI=1S/C16H14N2O3.C6H12FN.H2/c17-16(20)12-2-4-13(5-3-12)18-7-8-21-15-9-11(10-19)1-6-14(15)18;1-8-4-2-6(7)3-5-8;/h1-6,9-10H,7-8H2,(H2,17,20);6H,2-5H2,1H3;1H. The highest BCUT2D eigenvalue weighted by Gasteiger charge is 2.20. The fourth-order valence-corrected chi connectivity index (χ4v) is 3.36. The number of anilines is 2. The Kier molecular flexibility index (Phi) is 6.82. The molecule has 1 saturated heterocycles. The Morgan fingerprint density at radius 1 is 1.17 bits per heavy atom. The van der Waals surface area contributed by atoms with Crippen LogP contribution in [0.25, 0.3) is 0 Å². The smallest absolute Gasteiger partial charge is 0.248 e. The van der Waals surface area contributed by atoms with Crippen LogP contribution in [0.3, 0.4) is 0 Å². The van der Waals surface area contributed by atoms with Crippen LogP contribution < -0.4 is 15.4 Å². The van der Waals surface area contributed by atoms with Gasteiger partial charge in [0.1, 0.15) is 24.8 Å². The van der Waals surface area contributed by atoms with Crippen molar-refractivity contribution in [2.75, 3.05) is 38.2 Å². The van der Waals surface area contributed by atoms with Crippen molar-refractivity contribution in [1.29, 1.82) is 0 Å². The lowest BCUT2D eigenvalue weighted by Gasteiger charge is -2.31. The minimum Gasteiger partial charge on any atom is -0.490 e. The number of alkyl halides is 1. The van der Waals surface area contributed by atoms with Gasteiger partial charge in [-0.05, 0) is 62.4 Å². The summed E-state index contributed by atoms with van der Waals surface area (Å²) >= 11 is 0. The topological polar surface area (TPSA) is 75.9 Å². The van der Waals surface area contributed by atoms with E-state index < -0.39 is 12.1 Å². The maximum absolute atomic E-state index is 12.3. The molecule has 0 radical (unpaired) electrons. The summed E-state index contributed by atoms with van der Waals surface area (Å²) in [5.41, 5.74) is 8.15. The number of amides is 1. The minimum absolute atomic E-state index is 0. The molecule has 2 aliphatic rings. The normalized spacial score (nSPS) is 16.8. The molecule has 2 aromatic rings. The summed E-state index contributed by atoms with van der Waals surface area (Å²) in [4.78, 5) is 26.2. The molecule has 0 aliphatic carbocycles. The van der Waals surface area contributed by atoms with Gasteiger partial charge < -0.3 is 20.3 Å². The third-order valence-electron chi connectivity index (χ3n) is 5.09. The predicted molar refractivity (Wildman–Crippen MR) is 113 cm³/mol. The Bertz CT molecular complexity index is 845. The first kappa shape index (κ1) is 20.8. The van der Waals surface area contributed by atoms with Crippen molar-refractivity contribution in [3.05, 3.63) is 53.6 Å². The van der Waals surface area contributed by atoms with Crippen molar-refractivity contribution in [3.8, 4) is 5.75 Å². The van der Waals surface area contributed by atoms with E-state index in [1.807, 2.05) is 25.2 Å². The number of halogens is 1. The van der Waals surface area contributed by atoms with Crippen LogP contribution in [0.4, 0.5) is 15.8 Å². The molecule has 2 aliphatic heterocycles. The van der Waals surface area contributed by atoms with Crippen LogP contribution in [0.2, 0.25) is 0 Å². The Morgan fingerprint density at radius 3 is 2.45 bits per heavy atom. The van der Waals surface area contributed by atoms with Crippen molar-refractivity contribution in [1.82, 2.24) is 4.90 Å². The van der Waals surface area contributed by atoms with Crippen molar-refractivity contribution >= 4 is 23.6 Å². The number of carbonyl (C=O) groups excluding carboxylic acids is 2. The summed E-state index contributed by atoms with van der Waals surface area (Å²) in [5, 5.41) is 0. The number of piperidine rings is 1. The average Bonchev–Trinajstić information content (AvgIpc) is 2.75. The molecule has 0 spiro atoms. The number of fused-ring (bicyclic) bond motifs is 1. The van der Waals surface area contributed by atoms with E-state index in [4.69, 9.17) is 10.5 Å². The molecule has 6 nitrogen and oxygen atoms in total. The Balaban J connectivity index is 0.000000302. The molecule has 4 rings (SSSR count). The number of hydrogen-bond donors (Lipinski definition) is 1. The monoisotopic (exact) mass is 401 g/mol. The lowest BCUT2D eigenvalue weighted by molar-refractivity contribution is 0.1000. The van der Waals surface area contributed by atoms with E-state index in [0.29, 0.717) is 30.0 Å². The maximum atomic E-state index is 12.3. The molecule has 1 amide bonds. The van der Waals surface area contributed by atoms with Gasteiger partial charge in [0.05, 0.1) is 12.2 Å². The molecular weight excluding hydrogens is 373 g/mol. The molecule has 0 saturated carbocycles. The molecule has 7 heteroatoms. The van der Waals surface area contributed by atoms with Gasteiger partial charge in [-0.3, -0.25) is 9.59 Å². The number of nitrogens with two attached hydrogens (primary N) is 1. The van der Waals surface area contributed by atoms with E-state index in [1.165, 1.54) is 0 Å². The fraction of sp³-hybridized carbons (Fsp3) is 0.364. The first-order chi connectivity index (χ1) is 14.0. The van der Waals surface area contributed by atoms with Crippen LogP contribution in [0, 0.1) is 0 Å². The summed E-state index contributed by atoms with van der Waals surface area (Å²) in [7, 11) is 2.03. The number of carbonyl (C=O) groups is 2. The summed E-state index contributed by atoms with van der Waals surface area (Å²) in [6.45, 7) is 3.10. The van der Waals surface area contributed by atoms with E-state index in [2.05, 4.69) is 9.80 Å². The highest BCUT2D eigenvalue weighted by Crippen LogP contribution is 2.37. The molecule has 1 fully saturated rings. The molecule has 0 bridgehead atoms. The minimum atomic E-state index is -0.522. The summed E-state index contributed by atoms with van der Waals surface area (Å²) in [6.07, 6.45) is 1.74. The largest absolute Gasteiger partial charge is 0.490 e. The second kappa shape index (κ2) is 9.52. The van der Waals surface area contributed by atoms with Crippen molar-refractivity contribution in [2.24, 2.45) is 5.73 Å². The van der Waals surface area contributed by atoms with Crippen LogP contribution in [0.1, 0.15) is 35.0 Å². The van der Waals surface area contributed by atoms with E-state index in [9.17, 15) is 14.0 Å². The molecule has 0 atom stereocenters. The fourth-order valence-electron chi connectivity index (χ4n) is 3.36. The number of primary amides is 1. The van der Waals surface area contributed by atoms with Gasteiger partial charge in [-0.2, -0.15) is 0 Å². The highest BCUT2D eigenvalue weighted by molar-refractivity contribution is 5.93. The summed E-state index contributed by atoms with van der Waals surface area (Å²) in [6, 6.07) is 12.4. The van der Waals surface area contributed by atoms with Crippen molar-refractivity contribution in [2.45, 2.75) is 19.0 Å². The number of ether oxygens (including phenoxy) is 1. The number of nitrogens with zero attached hydrogens (tertiary/aromatic N) is 2. The van der Waals surface area contributed by atoms with Crippen LogP contribution in [-0.4, -0.2) is 56.6 Å². The van der Waals surface area contributed by atoms with E-state index in [1.54, 1.807) is 24.3 Å². The van der Waals surface area contributed by atoms with Crippen LogP contribution in [-0.2, 0) is 0 Å². The van der Waals surface area contributed by atoms with Gasteiger partial charge >= 0.3 is 0 Å². The Hall–Kier alpha value is -2.93. The van der Waals surface area contributed by atoms with E-state index in [0.717, 1.165) is 43.6 Å². The first-order valence-corrected chi connectivity index (χ1v) is 9.70. The zero-order valence-corrected chi connectivity index (χ0v) is 16.5.